The van der Waals surface area contributed by atoms with Crippen LogP contribution in [-0.4, -0.2) is 33.7 Å². The van der Waals surface area contributed by atoms with Gasteiger partial charge in [0, 0.05) is 23.1 Å². The molecule has 3 aromatic rings. The molecule has 1 unspecified atom stereocenters. The van der Waals surface area contributed by atoms with Crippen LogP contribution in [0.5, 0.6) is 5.75 Å². The summed E-state index contributed by atoms with van der Waals surface area (Å²) >= 11 is 0. The van der Waals surface area contributed by atoms with Gasteiger partial charge in [-0.2, -0.15) is 4.98 Å². The smallest absolute Gasteiger partial charge is 0.247 e. The monoisotopic (exact) mass is 441 g/mol. The van der Waals surface area contributed by atoms with Crippen molar-refractivity contribution in [1.29, 1.82) is 0 Å². The maximum absolute atomic E-state index is 14.2. The van der Waals surface area contributed by atoms with Crippen molar-refractivity contribution in [2.24, 2.45) is 0 Å². The second kappa shape index (κ2) is 10.3. The van der Waals surface area contributed by atoms with E-state index in [1.165, 1.54) is 18.2 Å². The number of nitrogens with one attached hydrogen (secondary N) is 3. The summed E-state index contributed by atoms with van der Waals surface area (Å²) in [7, 11) is 0. The fourth-order valence-corrected chi connectivity index (χ4v) is 2.58. The Balaban J connectivity index is 1.75. The van der Waals surface area contributed by atoms with Crippen LogP contribution in [0.25, 0.3) is 0 Å². The third kappa shape index (κ3) is 5.99. The Kier molecular flexibility index (Phi) is 7.29. The Bertz CT molecular complexity index is 1130. The molecule has 0 saturated heterocycles. The van der Waals surface area contributed by atoms with Gasteiger partial charge in [-0.3, -0.25) is 4.79 Å². The first-order chi connectivity index (χ1) is 15.4. The maximum atomic E-state index is 14.2. The Hall–Kier alpha value is -4.05. The van der Waals surface area contributed by atoms with Crippen LogP contribution in [0.2, 0.25) is 0 Å². The molecule has 0 saturated carbocycles. The SMILES string of the molecule is C=CC(=O)Nc1cccc(Nc2nc(Nc3ccc(OC(C)CO)c(F)c3)ncc2F)c1. The largest absolute Gasteiger partial charge is 0.485 e. The number of aliphatic hydroxyl groups excluding tert-OH is 1. The highest BCUT2D eigenvalue weighted by Crippen LogP contribution is 2.25. The van der Waals surface area contributed by atoms with Gasteiger partial charge in [0.05, 0.1) is 12.8 Å². The zero-order valence-electron chi connectivity index (χ0n) is 17.1. The molecule has 2 aromatic carbocycles. The minimum Gasteiger partial charge on any atom is -0.485 e. The molecular formula is C22H21F2N5O3. The first-order valence-corrected chi connectivity index (χ1v) is 9.55. The number of amides is 1. The van der Waals surface area contributed by atoms with E-state index in [1.54, 1.807) is 31.2 Å². The minimum atomic E-state index is -0.705. The van der Waals surface area contributed by atoms with E-state index in [9.17, 15) is 13.6 Å². The van der Waals surface area contributed by atoms with E-state index in [2.05, 4.69) is 32.5 Å². The van der Waals surface area contributed by atoms with Crippen LogP contribution in [0.3, 0.4) is 0 Å². The Morgan fingerprint density at radius 3 is 2.62 bits per heavy atom. The van der Waals surface area contributed by atoms with Gasteiger partial charge in [0.2, 0.25) is 11.9 Å². The first-order valence-electron chi connectivity index (χ1n) is 9.55. The standard InChI is InChI=1S/C22H21F2N5O3/c1-3-20(31)26-14-5-4-6-15(9-14)27-21-18(24)11-25-22(29-21)28-16-7-8-19(17(23)10-16)32-13(2)12-30/h3-11,13,30H,1,12H2,2H3,(H,26,31)(H2,25,27,28,29). The number of hydrogen-bond acceptors (Lipinski definition) is 7. The van der Waals surface area contributed by atoms with Gasteiger partial charge in [0.1, 0.15) is 6.10 Å². The highest BCUT2D eigenvalue weighted by Gasteiger charge is 2.12. The van der Waals surface area contributed by atoms with Crippen molar-refractivity contribution in [1.82, 2.24) is 9.97 Å². The summed E-state index contributed by atoms with van der Waals surface area (Å²) in [5.74, 6) is -1.83. The third-order valence-corrected chi connectivity index (χ3v) is 4.10. The van der Waals surface area contributed by atoms with E-state index < -0.39 is 17.7 Å². The quantitative estimate of drug-likeness (QED) is 0.370. The molecule has 0 bridgehead atoms. The topological polar surface area (TPSA) is 108 Å². The van der Waals surface area contributed by atoms with Crippen molar-refractivity contribution in [3.8, 4) is 5.75 Å². The molecule has 1 atom stereocenters. The Morgan fingerprint density at radius 2 is 1.91 bits per heavy atom. The predicted molar refractivity (Wildman–Crippen MR) is 117 cm³/mol. The molecule has 10 heteroatoms. The van der Waals surface area contributed by atoms with Gasteiger partial charge in [-0.15, -0.1) is 0 Å². The van der Waals surface area contributed by atoms with Gasteiger partial charge in [0.25, 0.3) is 0 Å². The number of aromatic nitrogens is 2. The third-order valence-electron chi connectivity index (χ3n) is 4.10. The van der Waals surface area contributed by atoms with Crippen molar-refractivity contribution in [3.63, 3.8) is 0 Å². The molecule has 0 radical (unpaired) electrons. The molecular weight excluding hydrogens is 420 g/mol. The van der Waals surface area contributed by atoms with Gasteiger partial charge in [0.15, 0.2) is 23.2 Å². The molecule has 1 amide bonds. The lowest BCUT2D eigenvalue weighted by atomic mass is 10.2. The molecule has 0 fully saturated rings. The lowest BCUT2D eigenvalue weighted by molar-refractivity contribution is -0.111. The number of carbonyl (C=O) groups excluding carboxylic acids is 1. The molecule has 3 rings (SSSR count). The molecule has 4 N–H and O–H groups in total. The summed E-state index contributed by atoms with van der Waals surface area (Å²) in [6.07, 6.45) is 1.55. The molecule has 8 nitrogen and oxygen atoms in total. The fourth-order valence-electron chi connectivity index (χ4n) is 2.58. The first kappa shape index (κ1) is 22.6. The number of halogens is 2. The predicted octanol–water partition coefficient (Wildman–Crippen LogP) is 4.13. The lowest BCUT2D eigenvalue weighted by Crippen LogP contribution is -2.16. The molecule has 166 valence electrons. The Labute approximate surface area is 183 Å². The zero-order chi connectivity index (χ0) is 23.1. The number of ether oxygens (including phenoxy) is 1. The van der Waals surface area contributed by atoms with E-state index >= 15 is 0 Å². The van der Waals surface area contributed by atoms with Crippen LogP contribution in [0.15, 0.2) is 61.3 Å². The van der Waals surface area contributed by atoms with Crippen molar-refractivity contribution in [2.75, 3.05) is 22.6 Å². The average molecular weight is 441 g/mol. The van der Waals surface area contributed by atoms with E-state index in [-0.39, 0.29) is 30.0 Å². The van der Waals surface area contributed by atoms with Gasteiger partial charge in [-0.1, -0.05) is 12.6 Å². The fraction of sp³-hybridized carbons (Fsp3) is 0.136. The molecule has 0 spiro atoms. The maximum Gasteiger partial charge on any atom is 0.247 e. The van der Waals surface area contributed by atoms with Crippen LogP contribution in [-0.2, 0) is 4.79 Å². The minimum absolute atomic E-state index is 0.0112. The number of carbonyl (C=O) groups is 1. The van der Waals surface area contributed by atoms with Crippen molar-refractivity contribution in [3.05, 3.63) is 73.0 Å². The van der Waals surface area contributed by atoms with E-state index in [0.29, 0.717) is 17.1 Å². The van der Waals surface area contributed by atoms with Gasteiger partial charge in [-0.05, 0) is 43.3 Å². The highest BCUT2D eigenvalue weighted by molar-refractivity contribution is 5.99. The number of anilines is 5. The van der Waals surface area contributed by atoms with Crippen molar-refractivity contribution >= 4 is 34.7 Å². The van der Waals surface area contributed by atoms with Gasteiger partial charge >= 0.3 is 0 Å². The zero-order valence-corrected chi connectivity index (χ0v) is 17.1. The lowest BCUT2D eigenvalue weighted by Gasteiger charge is -2.14. The number of rotatable bonds is 9. The number of hydrogen-bond donors (Lipinski definition) is 4. The second-order valence-electron chi connectivity index (χ2n) is 6.67. The second-order valence-corrected chi connectivity index (χ2v) is 6.67. The summed E-state index contributed by atoms with van der Waals surface area (Å²) in [4.78, 5) is 19.4. The molecule has 32 heavy (non-hydrogen) atoms. The summed E-state index contributed by atoms with van der Waals surface area (Å²) < 4.78 is 33.7. The van der Waals surface area contributed by atoms with Crippen LogP contribution in [0, 0.1) is 11.6 Å². The van der Waals surface area contributed by atoms with Crippen molar-refractivity contribution in [2.45, 2.75) is 13.0 Å². The molecule has 0 aliphatic carbocycles. The molecule has 1 aromatic heterocycles. The summed E-state index contributed by atoms with van der Waals surface area (Å²) in [5, 5.41) is 17.2. The summed E-state index contributed by atoms with van der Waals surface area (Å²) in [5.41, 5.74) is 1.28. The Morgan fingerprint density at radius 1 is 1.16 bits per heavy atom. The van der Waals surface area contributed by atoms with Crippen LogP contribution in [0.1, 0.15) is 6.92 Å². The van der Waals surface area contributed by atoms with Crippen LogP contribution >= 0.6 is 0 Å². The molecule has 1 heterocycles. The summed E-state index contributed by atoms with van der Waals surface area (Å²) in [6, 6.07) is 10.7. The van der Waals surface area contributed by atoms with Crippen LogP contribution in [0.4, 0.5) is 37.6 Å². The number of benzene rings is 2. The highest BCUT2D eigenvalue weighted by atomic mass is 19.1. The molecule has 0 aliphatic heterocycles. The van der Waals surface area contributed by atoms with E-state index in [0.717, 1.165) is 12.3 Å². The van der Waals surface area contributed by atoms with E-state index in [4.69, 9.17) is 9.84 Å². The van der Waals surface area contributed by atoms with E-state index in [1.807, 2.05) is 0 Å². The normalized spacial score (nSPS) is 11.4. The number of nitrogens with zero attached hydrogens (tertiary/aromatic N) is 2. The molecule has 0 aliphatic rings. The van der Waals surface area contributed by atoms with Crippen molar-refractivity contribution < 1.29 is 23.4 Å². The summed E-state index contributed by atoms with van der Waals surface area (Å²) in [6.45, 7) is 4.75. The number of aliphatic hydroxyl groups is 1. The van der Waals surface area contributed by atoms with Gasteiger partial charge < -0.3 is 25.8 Å². The average Bonchev–Trinajstić information content (AvgIpc) is 2.78. The van der Waals surface area contributed by atoms with Gasteiger partial charge in [-0.25, -0.2) is 13.8 Å². The van der Waals surface area contributed by atoms with Crippen LogP contribution < -0.4 is 20.7 Å².